The van der Waals surface area contributed by atoms with Crippen molar-refractivity contribution in [2.75, 3.05) is 31.3 Å². The molecular formula is C16H26N2O3S. The number of carbonyl (C=O) groups is 1. The standard InChI is InChI=1S/C16H26N2O3S/c1-4-20-15(21-5-2)7-6-12-17-16(19)18-13-8-10-14(22-3)11-9-13/h8-11,15H,4-7,12H2,1-3H3,(H2,17,18,19). The monoisotopic (exact) mass is 326 g/mol. The second kappa shape index (κ2) is 11.3. The lowest BCUT2D eigenvalue weighted by atomic mass is 10.3. The largest absolute Gasteiger partial charge is 0.353 e. The normalized spacial score (nSPS) is 10.7. The van der Waals surface area contributed by atoms with Crippen molar-refractivity contribution >= 4 is 23.5 Å². The lowest BCUT2D eigenvalue weighted by molar-refractivity contribution is -0.139. The van der Waals surface area contributed by atoms with E-state index in [1.165, 1.54) is 4.90 Å². The second-order valence-corrected chi connectivity index (χ2v) is 5.47. The molecule has 0 bridgehead atoms. The average Bonchev–Trinajstić information content (AvgIpc) is 2.52. The van der Waals surface area contributed by atoms with Gasteiger partial charge in [-0.3, -0.25) is 0 Å². The minimum absolute atomic E-state index is 0.182. The summed E-state index contributed by atoms with van der Waals surface area (Å²) in [5.41, 5.74) is 0.789. The Hall–Kier alpha value is -1.24. The molecule has 0 aromatic heterocycles. The summed E-state index contributed by atoms with van der Waals surface area (Å²) in [5.74, 6) is 0. The molecule has 0 aliphatic carbocycles. The molecule has 2 amide bonds. The quantitative estimate of drug-likeness (QED) is 0.391. The number of amides is 2. The summed E-state index contributed by atoms with van der Waals surface area (Å²) in [6.07, 6.45) is 3.42. The maximum atomic E-state index is 11.8. The highest BCUT2D eigenvalue weighted by molar-refractivity contribution is 7.98. The van der Waals surface area contributed by atoms with Gasteiger partial charge in [-0.25, -0.2) is 4.79 Å². The molecule has 0 unspecified atom stereocenters. The maximum Gasteiger partial charge on any atom is 0.319 e. The van der Waals surface area contributed by atoms with Crippen LogP contribution in [0, 0.1) is 0 Å². The molecule has 6 heteroatoms. The fraction of sp³-hybridized carbons (Fsp3) is 0.562. The molecule has 0 heterocycles. The topological polar surface area (TPSA) is 59.6 Å². The third-order valence-electron chi connectivity index (χ3n) is 2.96. The van der Waals surface area contributed by atoms with Crippen molar-refractivity contribution in [3.8, 4) is 0 Å². The lowest BCUT2D eigenvalue weighted by Gasteiger charge is -2.16. The number of anilines is 1. The number of ether oxygens (including phenoxy) is 2. The molecule has 5 nitrogen and oxygen atoms in total. The van der Waals surface area contributed by atoms with E-state index in [-0.39, 0.29) is 12.3 Å². The molecule has 1 aromatic carbocycles. The van der Waals surface area contributed by atoms with E-state index >= 15 is 0 Å². The van der Waals surface area contributed by atoms with E-state index in [9.17, 15) is 4.79 Å². The van der Waals surface area contributed by atoms with Gasteiger partial charge in [0.15, 0.2) is 6.29 Å². The Morgan fingerprint density at radius 1 is 1.18 bits per heavy atom. The number of urea groups is 1. The van der Waals surface area contributed by atoms with Gasteiger partial charge in [-0.15, -0.1) is 11.8 Å². The van der Waals surface area contributed by atoms with Crippen molar-refractivity contribution < 1.29 is 14.3 Å². The number of benzene rings is 1. The van der Waals surface area contributed by atoms with E-state index in [1.807, 2.05) is 44.4 Å². The highest BCUT2D eigenvalue weighted by Crippen LogP contribution is 2.17. The molecule has 0 saturated heterocycles. The van der Waals surface area contributed by atoms with E-state index in [1.54, 1.807) is 11.8 Å². The molecule has 0 radical (unpaired) electrons. The third-order valence-corrected chi connectivity index (χ3v) is 3.70. The minimum atomic E-state index is -0.193. The van der Waals surface area contributed by atoms with Crippen LogP contribution in [0.25, 0.3) is 0 Å². The lowest BCUT2D eigenvalue weighted by Crippen LogP contribution is -2.30. The van der Waals surface area contributed by atoms with Crippen LogP contribution in [0.4, 0.5) is 10.5 Å². The predicted octanol–water partition coefficient (Wildman–Crippen LogP) is 3.71. The first-order valence-electron chi connectivity index (χ1n) is 7.61. The van der Waals surface area contributed by atoms with Crippen LogP contribution in [-0.4, -0.2) is 38.3 Å². The highest BCUT2D eigenvalue weighted by Gasteiger charge is 2.08. The summed E-state index contributed by atoms with van der Waals surface area (Å²) < 4.78 is 10.9. The van der Waals surface area contributed by atoms with Crippen LogP contribution >= 0.6 is 11.8 Å². The molecular weight excluding hydrogens is 300 g/mol. The van der Waals surface area contributed by atoms with Gasteiger partial charge in [-0.2, -0.15) is 0 Å². The summed E-state index contributed by atoms with van der Waals surface area (Å²) in [7, 11) is 0. The number of carbonyl (C=O) groups excluding carboxylic acids is 1. The Labute approximate surface area is 137 Å². The molecule has 0 saturated carbocycles. The van der Waals surface area contributed by atoms with Crippen molar-refractivity contribution in [3.05, 3.63) is 24.3 Å². The van der Waals surface area contributed by atoms with E-state index in [0.29, 0.717) is 19.8 Å². The van der Waals surface area contributed by atoms with Gasteiger partial charge in [-0.05, 0) is 50.8 Å². The van der Waals surface area contributed by atoms with Crippen molar-refractivity contribution in [2.45, 2.75) is 37.9 Å². The van der Waals surface area contributed by atoms with Gasteiger partial charge in [0.25, 0.3) is 0 Å². The van der Waals surface area contributed by atoms with E-state index in [0.717, 1.165) is 18.5 Å². The van der Waals surface area contributed by atoms with Crippen molar-refractivity contribution in [2.24, 2.45) is 0 Å². The second-order valence-electron chi connectivity index (χ2n) is 4.59. The molecule has 1 rings (SSSR count). The van der Waals surface area contributed by atoms with E-state index < -0.39 is 0 Å². The molecule has 0 fully saturated rings. The zero-order valence-corrected chi connectivity index (χ0v) is 14.4. The fourth-order valence-corrected chi connectivity index (χ4v) is 2.32. The zero-order chi connectivity index (χ0) is 16.2. The third kappa shape index (κ3) is 7.68. The van der Waals surface area contributed by atoms with E-state index in [2.05, 4.69) is 10.6 Å². The van der Waals surface area contributed by atoms with Crippen LogP contribution in [0.5, 0.6) is 0 Å². The fourth-order valence-electron chi connectivity index (χ4n) is 1.91. The molecule has 0 aliphatic rings. The van der Waals surface area contributed by atoms with Gasteiger partial charge in [0.05, 0.1) is 0 Å². The number of nitrogens with one attached hydrogen (secondary N) is 2. The summed E-state index contributed by atoms with van der Waals surface area (Å²) in [6, 6.07) is 7.56. The molecule has 124 valence electrons. The molecule has 0 atom stereocenters. The number of hydrogen-bond acceptors (Lipinski definition) is 4. The minimum Gasteiger partial charge on any atom is -0.353 e. The number of thioether (sulfide) groups is 1. The van der Waals surface area contributed by atoms with Crippen LogP contribution in [0.15, 0.2) is 29.2 Å². The van der Waals surface area contributed by atoms with Crippen molar-refractivity contribution in [1.29, 1.82) is 0 Å². The van der Waals surface area contributed by atoms with Crippen LogP contribution in [0.3, 0.4) is 0 Å². The highest BCUT2D eigenvalue weighted by atomic mass is 32.2. The summed E-state index contributed by atoms with van der Waals surface area (Å²) in [4.78, 5) is 12.9. The van der Waals surface area contributed by atoms with Gasteiger partial charge in [0.2, 0.25) is 0 Å². The van der Waals surface area contributed by atoms with Crippen LogP contribution < -0.4 is 10.6 Å². The van der Waals surface area contributed by atoms with Crippen LogP contribution in [0.2, 0.25) is 0 Å². The maximum absolute atomic E-state index is 11.8. The molecule has 1 aromatic rings. The number of rotatable bonds is 10. The molecule has 2 N–H and O–H groups in total. The zero-order valence-electron chi connectivity index (χ0n) is 13.6. The van der Waals surface area contributed by atoms with Crippen LogP contribution in [0.1, 0.15) is 26.7 Å². The number of hydrogen-bond donors (Lipinski definition) is 2. The first-order chi connectivity index (χ1) is 10.7. The molecule has 0 spiro atoms. The Bertz CT molecular complexity index is 420. The molecule has 0 aliphatic heterocycles. The summed E-state index contributed by atoms with van der Waals surface area (Å²) in [5, 5.41) is 5.64. The summed E-state index contributed by atoms with van der Waals surface area (Å²) in [6.45, 7) is 5.74. The average molecular weight is 326 g/mol. The van der Waals surface area contributed by atoms with Gasteiger partial charge < -0.3 is 20.1 Å². The molecule has 22 heavy (non-hydrogen) atoms. The van der Waals surface area contributed by atoms with Gasteiger partial charge in [0.1, 0.15) is 0 Å². The Kier molecular flexibility index (Phi) is 9.70. The Balaban J connectivity index is 2.22. The van der Waals surface area contributed by atoms with Gasteiger partial charge >= 0.3 is 6.03 Å². The summed E-state index contributed by atoms with van der Waals surface area (Å²) >= 11 is 1.67. The van der Waals surface area contributed by atoms with Crippen molar-refractivity contribution in [1.82, 2.24) is 5.32 Å². The smallest absolute Gasteiger partial charge is 0.319 e. The SMILES string of the molecule is CCOC(CCCNC(=O)Nc1ccc(SC)cc1)OCC. The first-order valence-corrected chi connectivity index (χ1v) is 8.84. The Morgan fingerprint density at radius 3 is 2.36 bits per heavy atom. The van der Waals surface area contributed by atoms with Gasteiger partial charge in [0, 0.05) is 36.8 Å². The first kappa shape index (κ1) is 18.8. The van der Waals surface area contributed by atoms with Gasteiger partial charge in [-0.1, -0.05) is 0 Å². The van der Waals surface area contributed by atoms with Crippen LogP contribution in [-0.2, 0) is 9.47 Å². The van der Waals surface area contributed by atoms with Crippen molar-refractivity contribution in [3.63, 3.8) is 0 Å². The predicted molar refractivity (Wildman–Crippen MR) is 91.5 cm³/mol. The Morgan fingerprint density at radius 2 is 1.82 bits per heavy atom. The van der Waals surface area contributed by atoms with E-state index in [4.69, 9.17) is 9.47 Å².